The van der Waals surface area contributed by atoms with E-state index in [4.69, 9.17) is 5.26 Å². The summed E-state index contributed by atoms with van der Waals surface area (Å²) in [5.41, 5.74) is 1.15. The average molecular weight is 240 g/mol. The highest BCUT2D eigenvalue weighted by Gasteiger charge is 2.18. The van der Waals surface area contributed by atoms with Gasteiger partial charge in [-0.3, -0.25) is 5.21 Å². The Labute approximate surface area is 105 Å². The molecule has 2 N–H and O–H groups in total. The lowest BCUT2D eigenvalue weighted by atomic mass is 10.1. The monoisotopic (exact) mass is 240 g/mol. The average Bonchev–Trinajstić information content (AvgIpc) is 2.42. The predicted octanol–water partition coefficient (Wildman–Crippen LogP) is 2.85. The summed E-state index contributed by atoms with van der Waals surface area (Å²) < 4.78 is 0. The molecule has 0 bridgehead atoms. The number of nitrogens with zero attached hydrogens (tertiary/aromatic N) is 2. The highest BCUT2D eigenvalue weighted by atomic mass is 16.5. The van der Waals surface area contributed by atoms with Crippen LogP contribution in [0.25, 0.3) is 0 Å². The second kappa shape index (κ2) is 5.21. The van der Waals surface area contributed by atoms with Gasteiger partial charge in [0.25, 0.3) is 0 Å². The fraction of sp³-hybridized carbons (Fsp3) is 0.0714. The third-order valence-corrected chi connectivity index (χ3v) is 2.60. The van der Waals surface area contributed by atoms with Crippen molar-refractivity contribution in [1.29, 1.82) is 5.26 Å². The number of benzene rings is 2. The molecule has 0 aliphatic heterocycles. The van der Waals surface area contributed by atoms with Crippen molar-refractivity contribution in [3.8, 4) is 11.8 Å². The highest BCUT2D eigenvalue weighted by molar-refractivity contribution is 5.48. The van der Waals surface area contributed by atoms with Crippen LogP contribution in [0.15, 0.2) is 54.6 Å². The summed E-state index contributed by atoms with van der Waals surface area (Å²) in [6.45, 7) is 0. The molecule has 0 aromatic heterocycles. The van der Waals surface area contributed by atoms with E-state index in [0.29, 0.717) is 11.3 Å². The first kappa shape index (κ1) is 12.0. The van der Waals surface area contributed by atoms with Crippen molar-refractivity contribution in [2.45, 2.75) is 6.04 Å². The van der Waals surface area contributed by atoms with E-state index in [0.717, 1.165) is 5.06 Å². The van der Waals surface area contributed by atoms with Crippen LogP contribution in [0.1, 0.15) is 11.6 Å². The lowest BCUT2D eigenvalue weighted by molar-refractivity contribution is 0.236. The number of hydroxylamine groups is 1. The summed E-state index contributed by atoms with van der Waals surface area (Å²) in [5, 5.41) is 29.3. The van der Waals surface area contributed by atoms with E-state index in [9.17, 15) is 10.3 Å². The minimum absolute atomic E-state index is 0.125. The topological polar surface area (TPSA) is 67.5 Å². The molecule has 90 valence electrons. The Kier molecular flexibility index (Phi) is 3.46. The van der Waals surface area contributed by atoms with Gasteiger partial charge in [0.15, 0.2) is 6.04 Å². The highest BCUT2D eigenvalue weighted by Crippen LogP contribution is 2.25. The van der Waals surface area contributed by atoms with Crippen molar-refractivity contribution >= 4 is 5.69 Å². The molecule has 0 heterocycles. The zero-order chi connectivity index (χ0) is 13.0. The number of nitriles is 1. The van der Waals surface area contributed by atoms with Gasteiger partial charge in [0, 0.05) is 0 Å². The summed E-state index contributed by atoms with van der Waals surface area (Å²) >= 11 is 0. The number of phenols is 1. The number of para-hydroxylation sites is 1. The zero-order valence-electron chi connectivity index (χ0n) is 9.56. The predicted molar refractivity (Wildman–Crippen MR) is 67.2 cm³/mol. The lowest BCUT2D eigenvalue weighted by Gasteiger charge is -2.22. The molecule has 18 heavy (non-hydrogen) atoms. The molecule has 2 aromatic carbocycles. The van der Waals surface area contributed by atoms with Crippen LogP contribution in [-0.2, 0) is 0 Å². The summed E-state index contributed by atoms with van der Waals surface area (Å²) in [6, 6.07) is 16.2. The van der Waals surface area contributed by atoms with E-state index in [1.807, 2.05) is 12.1 Å². The SMILES string of the molecule is N#CC(c1ccc(O)cc1)N(O)c1ccccc1. The van der Waals surface area contributed by atoms with Gasteiger partial charge in [0.05, 0.1) is 11.8 Å². The van der Waals surface area contributed by atoms with E-state index < -0.39 is 6.04 Å². The maximum Gasteiger partial charge on any atom is 0.167 e. The van der Waals surface area contributed by atoms with E-state index in [1.165, 1.54) is 12.1 Å². The second-order valence-electron chi connectivity index (χ2n) is 3.80. The van der Waals surface area contributed by atoms with Crippen molar-refractivity contribution < 1.29 is 10.3 Å². The number of rotatable bonds is 3. The molecule has 0 amide bonds. The van der Waals surface area contributed by atoms with Gasteiger partial charge in [-0.25, -0.2) is 5.06 Å². The molecular weight excluding hydrogens is 228 g/mol. The fourth-order valence-electron chi connectivity index (χ4n) is 1.66. The van der Waals surface area contributed by atoms with Crippen LogP contribution in [0, 0.1) is 11.3 Å². The van der Waals surface area contributed by atoms with Crippen LogP contribution >= 0.6 is 0 Å². The number of aromatic hydroxyl groups is 1. The Balaban J connectivity index is 2.30. The Bertz CT molecular complexity index is 546. The van der Waals surface area contributed by atoms with Crippen LogP contribution in [0.3, 0.4) is 0 Å². The number of hydrogen-bond donors (Lipinski definition) is 2. The van der Waals surface area contributed by atoms with Gasteiger partial charge in [0.2, 0.25) is 0 Å². The van der Waals surface area contributed by atoms with Crippen molar-refractivity contribution in [3.63, 3.8) is 0 Å². The third kappa shape index (κ3) is 2.42. The minimum Gasteiger partial charge on any atom is -0.508 e. The van der Waals surface area contributed by atoms with Gasteiger partial charge in [-0.1, -0.05) is 30.3 Å². The lowest BCUT2D eigenvalue weighted by Crippen LogP contribution is -2.23. The maximum atomic E-state index is 10.1. The Morgan fingerprint density at radius 2 is 1.61 bits per heavy atom. The first-order chi connectivity index (χ1) is 8.72. The van der Waals surface area contributed by atoms with Gasteiger partial charge < -0.3 is 5.11 Å². The molecule has 1 atom stereocenters. The number of phenolic OH excluding ortho intramolecular Hbond substituents is 1. The minimum atomic E-state index is -0.812. The van der Waals surface area contributed by atoms with Crippen LogP contribution in [0.4, 0.5) is 5.69 Å². The molecule has 2 aromatic rings. The zero-order valence-corrected chi connectivity index (χ0v) is 9.56. The van der Waals surface area contributed by atoms with Crippen molar-refractivity contribution in [2.24, 2.45) is 0 Å². The van der Waals surface area contributed by atoms with Gasteiger partial charge in [-0.2, -0.15) is 5.26 Å². The molecule has 0 saturated heterocycles. The summed E-state index contributed by atoms with van der Waals surface area (Å²) in [4.78, 5) is 0. The smallest absolute Gasteiger partial charge is 0.167 e. The molecule has 4 nitrogen and oxygen atoms in total. The van der Waals surface area contributed by atoms with E-state index in [2.05, 4.69) is 0 Å². The molecule has 4 heteroatoms. The van der Waals surface area contributed by atoms with Gasteiger partial charge >= 0.3 is 0 Å². The fourth-order valence-corrected chi connectivity index (χ4v) is 1.66. The van der Waals surface area contributed by atoms with E-state index in [1.54, 1.807) is 36.4 Å². The van der Waals surface area contributed by atoms with E-state index >= 15 is 0 Å². The van der Waals surface area contributed by atoms with Crippen molar-refractivity contribution in [3.05, 3.63) is 60.2 Å². The molecule has 0 aliphatic carbocycles. The van der Waals surface area contributed by atoms with Gasteiger partial charge in [-0.15, -0.1) is 0 Å². The summed E-state index contributed by atoms with van der Waals surface area (Å²) in [6.07, 6.45) is 0. The normalized spacial score (nSPS) is 11.6. The Hall–Kier alpha value is -2.51. The number of hydrogen-bond acceptors (Lipinski definition) is 4. The Morgan fingerprint density at radius 1 is 1.00 bits per heavy atom. The summed E-state index contributed by atoms with van der Waals surface area (Å²) in [5.74, 6) is 0.125. The molecule has 0 saturated carbocycles. The van der Waals surface area contributed by atoms with Crippen LogP contribution < -0.4 is 5.06 Å². The van der Waals surface area contributed by atoms with Crippen molar-refractivity contribution in [2.75, 3.05) is 5.06 Å². The van der Waals surface area contributed by atoms with E-state index in [-0.39, 0.29) is 5.75 Å². The third-order valence-electron chi connectivity index (χ3n) is 2.60. The Morgan fingerprint density at radius 3 is 2.17 bits per heavy atom. The van der Waals surface area contributed by atoms with Crippen LogP contribution in [0.2, 0.25) is 0 Å². The number of anilines is 1. The first-order valence-corrected chi connectivity index (χ1v) is 5.44. The van der Waals surface area contributed by atoms with Crippen molar-refractivity contribution in [1.82, 2.24) is 0 Å². The molecule has 0 aliphatic rings. The quantitative estimate of drug-likeness (QED) is 0.809. The molecule has 0 spiro atoms. The maximum absolute atomic E-state index is 10.1. The van der Waals surface area contributed by atoms with Crippen LogP contribution in [0.5, 0.6) is 5.75 Å². The largest absolute Gasteiger partial charge is 0.508 e. The molecule has 0 fully saturated rings. The molecular formula is C14H12N2O2. The summed E-state index contributed by atoms with van der Waals surface area (Å²) in [7, 11) is 0. The molecule has 1 unspecified atom stereocenters. The van der Waals surface area contributed by atoms with Gasteiger partial charge in [0.1, 0.15) is 5.75 Å². The molecule has 2 rings (SSSR count). The standard InChI is InChI=1S/C14H12N2O2/c15-10-14(11-6-8-13(17)9-7-11)16(18)12-4-2-1-3-5-12/h1-9,14,17-18H. The van der Waals surface area contributed by atoms with Crippen LogP contribution in [-0.4, -0.2) is 10.3 Å². The molecule has 0 radical (unpaired) electrons. The first-order valence-electron chi connectivity index (χ1n) is 5.44. The van der Waals surface area contributed by atoms with Gasteiger partial charge in [-0.05, 0) is 29.8 Å². The second-order valence-corrected chi connectivity index (χ2v) is 3.80.